The first kappa shape index (κ1) is 12.3. The van der Waals surface area contributed by atoms with E-state index in [4.69, 9.17) is 11.6 Å². The Hall–Kier alpha value is -0.800. The lowest BCUT2D eigenvalue weighted by Crippen LogP contribution is -2.31. The van der Waals surface area contributed by atoms with Gasteiger partial charge in [0.15, 0.2) is 0 Å². The van der Waals surface area contributed by atoms with Gasteiger partial charge in [0.2, 0.25) is 0 Å². The molecule has 4 heteroatoms. The summed E-state index contributed by atoms with van der Waals surface area (Å²) in [6, 6.07) is 5.16. The smallest absolute Gasteiger partial charge is 0.253 e. The van der Waals surface area contributed by atoms with Crippen LogP contribution in [0.3, 0.4) is 0 Å². The van der Waals surface area contributed by atoms with Gasteiger partial charge >= 0.3 is 0 Å². The minimum absolute atomic E-state index is 0.0763. The summed E-state index contributed by atoms with van der Waals surface area (Å²) >= 11 is 9.25. The van der Waals surface area contributed by atoms with Crippen LogP contribution < -0.4 is 5.32 Å². The second-order valence-corrected chi connectivity index (χ2v) is 4.33. The summed E-state index contributed by atoms with van der Waals surface area (Å²) in [5, 5.41) is 3.17. The molecule has 1 aromatic rings. The molecule has 0 saturated heterocycles. The summed E-state index contributed by atoms with van der Waals surface area (Å²) in [6.07, 6.45) is 1.66. The first-order valence-corrected chi connectivity index (χ1v) is 5.60. The standard InChI is InChI=1S/C11H11BrClNO/c1-3-7(2)14-11(15)8-5-4-6-9(12)10(8)13/h3-7H,1H2,2H3,(H,14,15). The van der Waals surface area contributed by atoms with Crippen molar-refractivity contribution in [2.24, 2.45) is 0 Å². The van der Waals surface area contributed by atoms with Crippen LogP contribution in [0.5, 0.6) is 0 Å². The summed E-state index contributed by atoms with van der Waals surface area (Å²) in [5.74, 6) is -0.200. The van der Waals surface area contributed by atoms with Crippen molar-refractivity contribution in [2.45, 2.75) is 13.0 Å². The lowest BCUT2D eigenvalue weighted by molar-refractivity contribution is 0.0947. The van der Waals surface area contributed by atoms with E-state index in [-0.39, 0.29) is 11.9 Å². The summed E-state index contributed by atoms with van der Waals surface area (Å²) in [5.41, 5.74) is 0.458. The molecule has 1 N–H and O–H groups in total. The molecular formula is C11H11BrClNO. The lowest BCUT2D eigenvalue weighted by Gasteiger charge is -2.10. The van der Waals surface area contributed by atoms with Crippen molar-refractivity contribution < 1.29 is 4.79 Å². The second kappa shape index (κ2) is 5.33. The minimum Gasteiger partial charge on any atom is -0.346 e. The van der Waals surface area contributed by atoms with E-state index < -0.39 is 0 Å². The number of hydrogen-bond acceptors (Lipinski definition) is 1. The summed E-state index contributed by atoms with van der Waals surface area (Å²) in [7, 11) is 0. The highest BCUT2D eigenvalue weighted by atomic mass is 79.9. The van der Waals surface area contributed by atoms with E-state index >= 15 is 0 Å². The fourth-order valence-corrected chi connectivity index (χ4v) is 1.60. The van der Waals surface area contributed by atoms with Crippen molar-refractivity contribution in [1.29, 1.82) is 0 Å². The Balaban J connectivity index is 2.91. The Labute approximate surface area is 102 Å². The van der Waals surface area contributed by atoms with E-state index in [0.717, 1.165) is 0 Å². The average Bonchev–Trinajstić information content (AvgIpc) is 2.21. The number of carbonyl (C=O) groups excluding carboxylic acids is 1. The van der Waals surface area contributed by atoms with Gasteiger partial charge < -0.3 is 5.32 Å². The predicted molar refractivity (Wildman–Crippen MR) is 66.3 cm³/mol. The largest absolute Gasteiger partial charge is 0.346 e. The van der Waals surface area contributed by atoms with E-state index in [1.54, 1.807) is 24.3 Å². The molecule has 0 aliphatic rings. The topological polar surface area (TPSA) is 29.1 Å². The van der Waals surface area contributed by atoms with E-state index in [1.165, 1.54) is 0 Å². The fraction of sp³-hybridized carbons (Fsp3) is 0.182. The Bertz CT molecular complexity index is 392. The van der Waals surface area contributed by atoms with Gasteiger partial charge in [0, 0.05) is 10.5 Å². The highest BCUT2D eigenvalue weighted by Gasteiger charge is 2.12. The van der Waals surface area contributed by atoms with Crippen LogP contribution in [0.15, 0.2) is 35.3 Å². The number of rotatable bonds is 3. The van der Waals surface area contributed by atoms with E-state index in [2.05, 4.69) is 27.8 Å². The van der Waals surface area contributed by atoms with E-state index in [1.807, 2.05) is 6.92 Å². The van der Waals surface area contributed by atoms with E-state index in [0.29, 0.717) is 15.1 Å². The highest BCUT2D eigenvalue weighted by Crippen LogP contribution is 2.25. The van der Waals surface area contributed by atoms with Gasteiger partial charge in [0.25, 0.3) is 5.91 Å². The first-order chi connectivity index (χ1) is 7.06. The van der Waals surface area contributed by atoms with Crippen molar-refractivity contribution in [1.82, 2.24) is 5.32 Å². The van der Waals surface area contributed by atoms with Gasteiger partial charge in [-0.15, -0.1) is 6.58 Å². The molecule has 0 radical (unpaired) electrons. The van der Waals surface area contributed by atoms with Crippen molar-refractivity contribution in [3.8, 4) is 0 Å². The van der Waals surface area contributed by atoms with Gasteiger partial charge in [-0.2, -0.15) is 0 Å². The lowest BCUT2D eigenvalue weighted by atomic mass is 10.2. The van der Waals surface area contributed by atoms with Gasteiger partial charge in [-0.3, -0.25) is 4.79 Å². The Kier molecular flexibility index (Phi) is 4.36. The maximum atomic E-state index is 11.7. The number of amides is 1. The Morgan fingerprint density at radius 1 is 1.67 bits per heavy atom. The van der Waals surface area contributed by atoms with Gasteiger partial charge in [-0.25, -0.2) is 0 Å². The third-order valence-electron chi connectivity index (χ3n) is 1.91. The molecule has 1 rings (SSSR count). The number of halogens is 2. The maximum Gasteiger partial charge on any atom is 0.253 e. The summed E-state index contributed by atoms with van der Waals surface area (Å²) in [4.78, 5) is 11.7. The van der Waals surface area contributed by atoms with Crippen LogP contribution >= 0.6 is 27.5 Å². The quantitative estimate of drug-likeness (QED) is 0.849. The Morgan fingerprint density at radius 3 is 2.93 bits per heavy atom. The monoisotopic (exact) mass is 287 g/mol. The molecule has 1 atom stereocenters. The van der Waals surface area contributed by atoms with Gasteiger partial charge in [0.05, 0.1) is 10.6 Å². The van der Waals surface area contributed by atoms with Gasteiger partial charge in [-0.1, -0.05) is 23.7 Å². The van der Waals surface area contributed by atoms with Crippen LogP contribution in [-0.4, -0.2) is 11.9 Å². The predicted octanol–water partition coefficient (Wildman–Crippen LogP) is 3.41. The molecular weight excluding hydrogens is 277 g/mol. The van der Waals surface area contributed by atoms with Gasteiger partial charge in [0.1, 0.15) is 0 Å². The molecule has 1 unspecified atom stereocenters. The molecule has 0 bridgehead atoms. The third kappa shape index (κ3) is 3.08. The molecule has 0 saturated carbocycles. The molecule has 15 heavy (non-hydrogen) atoms. The van der Waals surface area contributed by atoms with E-state index in [9.17, 15) is 4.79 Å². The van der Waals surface area contributed by atoms with Crippen molar-refractivity contribution in [3.63, 3.8) is 0 Å². The SMILES string of the molecule is C=CC(C)NC(=O)c1cccc(Br)c1Cl. The number of hydrogen-bond donors (Lipinski definition) is 1. The first-order valence-electron chi connectivity index (χ1n) is 4.43. The number of benzene rings is 1. The van der Waals surface area contributed by atoms with Crippen LogP contribution in [-0.2, 0) is 0 Å². The zero-order valence-electron chi connectivity index (χ0n) is 8.26. The molecule has 0 fully saturated rings. The zero-order chi connectivity index (χ0) is 11.4. The molecule has 1 aromatic carbocycles. The van der Waals surface area contributed by atoms with Crippen LogP contribution in [0.1, 0.15) is 17.3 Å². The molecule has 0 aromatic heterocycles. The van der Waals surface area contributed by atoms with Crippen LogP contribution in [0, 0.1) is 0 Å². The molecule has 1 amide bonds. The molecule has 0 spiro atoms. The summed E-state index contributed by atoms with van der Waals surface area (Å²) < 4.78 is 0.711. The van der Waals surface area contributed by atoms with Crippen LogP contribution in [0.25, 0.3) is 0 Å². The highest BCUT2D eigenvalue weighted by molar-refractivity contribution is 9.10. The molecule has 0 heterocycles. The average molecular weight is 289 g/mol. The fourth-order valence-electron chi connectivity index (χ4n) is 1.02. The van der Waals surface area contributed by atoms with Gasteiger partial charge in [-0.05, 0) is 35.0 Å². The molecule has 80 valence electrons. The van der Waals surface area contributed by atoms with Crippen LogP contribution in [0.4, 0.5) is 0 Å². The van der Waals surface area contributed by atoms with Crippen molar-refractivity contribution >= 4 is 33.4 Å². The zero-order valence-corrected chi connectivity index (χ0v) is 10.6. The van der Waals surface area contributed by atoms with Crippen LogP contribution in [0.2, 0.25) is 5.02 Å². The molecule has 0 aliphatic carbocycles. The Morgan fingerprint density at radius 2 is 2.33 bits per heavy atom. The number of carbonyl (C=O) groups is 1. The third-order valence-corrected chi connectivity index (χ3v) is 3.20. The van der Waals surface area contributed by atoms with Crippen molar-refractivity contribution in [3.05, 3.63) is 45.9 Å². The summed E-state index contributed by atoms with van der Waals surface area (Å²) in [6.45, 7) is 5.43. The maximum absolute atomic E-state index is 11.7. The van der Waals surface area contributed by atoms with Crippen molar-refractivity contribution in [2.75, 3.05) is 0 Å². The molecule has 0 aliphatic heterocycles. The second-order valence-electron chi connectivity index (χ2n) is 3.10. The number of nitrogens with one attached hydrogen (secondary N) is 1. The minimum atomic E-state index is -0.200. The molecule has 2 nitrogen and oxygen atoms in total. The normalized spacial score (nSPS) is 11.9.